The SMILES string of the molecule is C=C1CC(c2nc3c(C)cccc3[nH]2)N(C(=O)c2nc(C)sc2-c2ccc(OC)nc2)C1. The van der Waals surface area contributed by atoms with Crippen LogP contribution >= 0.6 is 11.3 Å². The zero-order valence-electron chi connectivity index (χ0n) is 18.2. The molecular formula is C24H23N5O2S. The quantitative estimate of drug-likeness (QED) is 0.454. The molecule has 0 saturated carbocycles. The first-order chi connectivity index (χ1) is 15.4. The lowest BCUT2D eigenvalue weighted by Crippen LogP contribution is -2.31. The van der Waals surface area contributed by atoms with Crippen molar-refractivity contribution in [3.8, 4) is 16.3 Å². The van der Waals surface area contributed by atoms with E-state index in [-0.39, 0.29) is 11.9 Å². The highest BCUT2D eigenvalue weighted by Crippen LogP contribution is 2.38. The van der Waals surface area contributed by atoms with E-state index >= 15 is 0 Å². The predicted molar refractivity (Wildman–Crippen MR) is 125 cm³/mol. The first kappa shape index (κ1) is 20.4. The highest BCUT2D eigenvalue weighted by atomic mass is 32.1. The summed E-state index contributed by atoms with van der Waals surface area (Å²) in [5.74, 6) is 1.18. The molecule has 0 spiro atoms. The lowest BCUT2D eigenvalue weighted by molar-refractivity contribution is 0.0728. The minimum Gasteiger partial charge on any atom is -0.481 e. The van der Waals surface area contributed by atoms with Crippen LogP contribution in [-0.4, -0.2) is 44.4 Å². The topological polar surface area (TPSA) is 84.0 Å². The number of nitrogens with one attached hydrogen (secondary N) is 1. The van der Waals surface area contributed by atoms with Gasteiger partial charge in [0.15, 0.2) is 0 Å². The average molecular weight is 446 g/mol. The van der Waals surface area contributed by atoms with Crippen LogP contribution < -0.4 is 4.74 Å². The maximum atomic E-state index is 13.7. The second kappa shape index (κ2) is 7.87. The van der Waals surface area contributed by atoms with E-state index in [2.05, 4.69) is 21.5 Å². The first-order valence-electron chi connectivity index (χ1n) is 10.3. The van der Waals surface area contributed by atoms with Crippen LogP contribution in [0, 0.1) is 13.8 Å². The van der Waals surface area contributed by atoms with E-state index in [1.165, 1.54) is 11.3 Å². The van der Waals surface area contributed by atoms with Crippen molar-refractivity contribution < 1.29 is 9.53 Å². The number of pyridine rings is 1. The molecule has 3 aromatic heterocycles. The summed E-state index contributed by atoms with van der Waals surface area (Å²) in [5.41, 5.74) is 5.28. The van der Waals surface area contributed by atoms with Crippen molar-refractivity contribution in [2.75, 3.05) is 13.7 Å². The number of likely N-dealkylation sites (tertiary alicyclic amines) is 1. The summed E-state index contributed by atoms with van der Waals surface area (Å²) in [5, 5.41) is 0.827. The predicted octanol–water partition coefficient (Wildman–Crippen LogP) is 4.85. The standard InChI is InChI=1S/C24H23N5O2S/c1-13-10-18(23-27-17-7-5-6-14(2)20(17)28-23)29(12-13)24(30)21-22(32-15(3)26-21)16-8-9-19(31-4)25-11-16/h5-9,11,18H,1,10,12H2,2-4H3,(H,27,28). The Morgan fingerprint density at radius 3 is 2.81 bits per heavy atom. The van der Waals surface area contributed by atoms with Gasteiger partial charge in [0.05, 0.1) is 34.1 Å². The summed E-state index contributed by atoms with van der Waals surface area (Å²) in [6.45, 7) is 8.58. The number of rotatable bonds is 4. The number of amides is 1. The largest absolute Gasteiger partial charge is 0.481 e. The van der Waals surface area contributed by atoms with Crippen molar-refractivity contribution in [1.29, 1.82) is 0 Å². The molecular weight excluding hydrogens is 422 g/mol. The van der Waals surface area contributed by atoms with E-state index in [9.17, 15) is 4.79 Å². The number of imidazole rings is 1. The Morgan fingerprint density at radius 2 is 2.09 bits per heavy atom. The van der Waals surface area contributed by atoms with Crippen LogP contribution in [0.2, 0.25) is 0 Å². The summed E-state index contributed by atoms with van der Waals surface area (Å²) in [4.78, 5) is 33.5. The first-order valence-corrected chi connectivity index (χ1v) is 11.2. The van der Waals surface area contributed by atoms with Gasteiger partial charge in [-0.25, -0.2) is 15.0 Å². The van der Waals surface area contributed by atoms with Crippen molar-refractivity contribution in [2.45, 2.75) is 26.3 Å². The average Bonchev–Trinajstić information content (AvgIpc) is 3.50. The molecule has 1 aliphatic heterocycles. The minimum absolute atomic E-state index is 0.124. The number of H-pyrrole nitrogens is 1. The maximum absolute atomic E-state index is 13.7. The Morgan fingerprint density at radius 1 is 1.25 bits per heavy atom. The van der Waals surface area contributed by atoms with Gasteiger partial charge in [-0.2, -0.15) is 0 Å². The number of aromatic nitrogens is 4. The van der Waals surface area contributed by atoms with Gasteiger partial charge in [0.1, 0.15) is 11.5 Å². The molecule has 0 aliphatic carbocycles. The van der Waals surface area contributed by atoms with E-state index in [0.717, 1.165) is 43.4 Å². The van der Waals surface area contributed by atoms with Gasteiger partial charge in [-0.15, -0.1) is 11.3 Å². The number of thiazole rings is 1. The molecule has 1 N–H and O–H groups in total. The highest BCUT2D eigenvalue weighted by Gasteiger charge is 2.36. The van der Waals surface area contributed by atoms with Crippen LogP contribution in [0.3, 0.4) is 0 Å². The summed E-state index contributed by atoms with van der Waals surface area (Å²) in [6.07, 6.45) is 2.39. The van der Waals surface area contributed by atoms with E-state index in [1.54, 1.807) is 19.4 Å². The summed E-state index contributed by atoms with van der Waals surface area (Å²) >= 11 is 1.49. The number of fused-ring (bicyclic) bond motifs is 1. The number of methoxy groups -OCH3 is 1. The molecule has 1 atom stereocenters. The number of para-hydroxylation sites is 1. The third-order valence-electron chi connectivity index (χ3n) is 5.71. The number of aryl methyl sites for hydroxylation is 2. The molecule has 1 unspecified atom stereocenters. The molecule has 4 heterocycles. The van der Waals surface area contributed by atoms with Crippen molar-refractivity contribution in [2.24, 2.45) is 0 Å². The number of benzene rings is 1. The molecule has 5 rings (SSSR count). The van der Waals surface area contributed by atoms with E-state index in [0.29, 0.717) is 24.5 Å². The minimum atomic E-state index is -0.203. The molecule has 0 bridgehead atoms. The van der Waals surface area contributed by atoms with E-state index in [1.807, 2.05) is 43.0 Å². The molecule has 7 nitrogen and oxygen atoms in total. The van der Waals surface area contributed by atoms with Gasteiger partial charge >= 0.3 is 0 Å². The zero-order valence-corrected chi connectivity index (χ0v) is 19.0. The van der Waals surface area contributed by atoms with E-state index < -0.39 is 0 Å². The number of aromatic amines is 1. The molecule has 4 aromatic rings. The third kappa shape index (κ3) is 3.46. The zero-order chi connectivity index (χ0) is 22.4. The molecule has 1 fully saturated rings. The lowest BCUT2D eigenvalue weighted by atomic mass is 10.1. The lowest BCUT2D eigenvalue weighted by Gasteiger charge is -2.22. The fourth-order valence-electron chi connectivity index (χ4n) is 4.15. The Hall–Kier alpha value is -3.52. The summed E-state index contributed by atoms with van der Waals surface area (Å²) in [7, 11) is 1.58. The van der Waals surface area contributed by atoms with Crippen LogP contribution in [0.25, 0.3) is 21.5 Å². The van der Waals surface area contributed by atoms with Gasteiger partial charge in [0, 0.05) is 24.4 Å². The second-order valence-corrected chi connectivity index (χ2v) is 9.20. The van der Waals surface area contributed by atoms with Crippen LogP contribution in [0.4, 0.5) is 0 Å². The van der Waals surface area contributed by atoms with E-state index in [4.69, 9.17) is 9.72 Å². The monoisotopic (exact) mass is 445 g/mol. The molecule has 162 valence electrons. The van der Waals surface area contributed by atoms with Crippen molar-refractivity contribution in [1.82, 2.24) is 24.8 Å². The maximum Gasteiger partial charge on any atom is 0.274 e. The molecule has 1 aliphatic rings. The van der Waals surface area contributed by atoms with Gasteiger partial charge in [0.25, 0.3) is 5.91 Å². The summed E-state index contributed by atoms with van der Waals surface area (Å²) in [6, 6.07) is 9.53. The number of carbonyl (C=O) groups excluding carboxylic acids is 1. The normalized spacial score (nSPS) is 16.2. The van der Waals surface area contributed by atoms with Crippen LogP contribution in [-0.2, 0) is 0 Å². The fraction of sp³-hybridized carbons (Fsp3) is 0.250. The molecule has 1 amide bonds. The van der Waals surface area contributed by atoms with Crippen molar-refractivity contribution in [3.05, 3.63) is 70.8 Å². The number of hydrogen-bond donors (Lipinski definition) is 1. The van der Waals surface area contributed by atoms with Gasteiger partial charge < -0.3 is 14.6 Å². The molecule has 8 heteroatoms. The van der Waals surface area contributed by atoms with Crippen molar-refractivity contribution >= 4 is 28.3 Å². The molecule has 32 heavy (non-hydrogen) atoms. The Labute approximate surface area is 189 Å². The Kier molecular flexibility index (Phi) is 5.01. The summed E-state index contributed by atoms with van der Waals surface area (Å²) < 4.78 is 5.16. The van der Waals surface area contributed by atoms with Gasteiger partial charge in [-0.3, -0.25) is 4.79 Å². The fourth-order valence-corrected chi connectivity index (χ4v) is 5.05. The number of hydrogen-bond acceptors (Lipinski definition) is 6. The van der Waals surface area contributed by atoms with Gasteiger partial charge in [-0.1, -0.05) is 24.3 Å². The number of carbonyl (C=O) groups is 1. The second-order valence-electron chi connectivity index (χ2n) is 8.00. The Balaban J connectivity index is 1.52. The van der Waals surface area contributed by atoms with Crippen LogP contribution in [0.1, 0.15) is 39.3 Å². The molecule has 1 saturated heterocycles. The third-order valence-corrected chi connectivity index (χ3v) is 6.73. The van der Waals surface area contributed by atoms with Crippen molar-refractivity contribution in [3.63, 3.8) is 0 Å². The van der Waals surface area contributed by atoms with Gasteiger partial charge in [0.2, 0.25) is 5.88 Å². The van der Waals surface area contributed by atoms with Gasteiger partial charge in [-0.05, 0) is 38.0 Å². The number of ether oxygens (including phenoxy) is 1. The van der Waals surface area contributed by atoms with Crippen LogP contribution in [0.15, 0.2) is 48.7 Å². The Bertz CT molecular complexity index is 1340. The smallest absolute Gasteiger partial charge is 0.274 e. The molecule has 0 radical (unpaired) electrons. The number of nitrogens with zero attached hydrogens (tertiary/aromatic N) is 4. The highest BCUT2D eigenvalue weighted by molar-refractivity contribution is 7.15. The molecule has 1 aromatic carbocycles. The van der Waals surface area contributed by atoms with Crippen LogP contribution in [0.5, 0.6) is 5.88 Å².